The van der Waals surface area contributed by atoms with Crippen molar-refractivity contribution in [3.05, 3.63) is 35.4 Å². The first-order chi connectivity index (χ1) is 12.3. The van der Waals surface area contributed by atoms with Crippen molar-refractivity contribution < 1.29 is 4.79 Å². The number of hydrogen-bond acceptors (Lipinski definition) is 3. The minimum atomic E-state index is -0.151. The second-order valence-corrected chi connectivity index (χ2v) is 8.16. The normalized spacial score (nSPS) is 27.3. The summed E-state index contributed by atoms with van der Waals surface area (Å²) in [5.41, 5.74) is 2.49. The number of carbonyl (C=O) groups is 1. The van der Waals surface area contributed by atoms with E-state index in [1.165, 1.54) is 56.3 Å². The van der Waals surface area contributed by atoms with E-state index in [4.69, 9.17) is 0 Å². The molecule has 0 unspecified atom stereocenters. The number of likely N-dealkylation sites (tertiary alicyclic amines) is 1. The fourth-order valence-electron chi connectivity index (χ4n) is 5.11. The van der Waals surface area contributed by atoms with Crippen LogP contribution in [-0.4, -0.2) is 37.0 Å². The average Bonchev–Trinajstić information content (AvgIpc) is 3.30. The maximum Gasteiger partial charge on any atom is 0.228 e. The number of nitrogens with zero attached hydrogens (tertiary/aromatic N) is 1. The number of rotatable bonds is 5. The van der Waals surface area contributed by atoms with Gasteiger partial charge in [0, 0.05) is 19.6 Å². The Labute approximate surface area is 175 Å². The molecule has 4 nitrogen and oxygen atoms in total. The highest BCUT2D eigenvalue weighted by atomic mass is 35.5. The Kier molecular flexibility index (Phi) is 8.41. The number of fused-ring (bicyclic) bond motifs is 1. The second kappa shape index (κ2) is 10.1. The van der Waals surface area contributed by atoms with E-state index in [0.29, 0.717) is 12.5 Å². The zero-order chi connectivity index (χ0) is 17.1. The molecule has 1 aliphatic carbocycles. The monoisotopic (exact) mass is 413 g/mol. The van der Waals surface area contributed by atoms with Gasteiger partial charge in [0.1, 0.15) is 0 Å². The lowest BCUT2D eigenvalue weighted by molar-refractivity contribution is -0.134. The zero-order valence-electron chi connectivity index (χ0n) is 16.0. The average molecular weight is 414 g/mol. The molecule has 1 saturated carbocycles. The van der Waals surface area contributed by atoms with Crippen LogP contribution in [0.1, 0.15) is 49.7 Å². The highest BCUT2D eigenvalue weighted by Crippen LogP contribution is 2.43. The zero-order valence-corrected chi connectivity index (χ0v) is 17.7. The van der Waals surface area contributed by atoms with Crippen LogP contribution in [0.4, 0.5) is 0 Å². The summed E-state index contributed by atoms with van der Waals surface area (Å²) in [5, 5.41) is 6.78. The number of amides is 1. The molecule has 2 saturated heterocycles. The van der Waals surface area contributed by atoms with Gasteiger partial charge >= 0.3 is 0 Å². The molecule has 0 bridgehead atoms. The molecular formula is C21H33Cl2N3O. The van der Waals surface area contributed by atoms with Gasteiger partial charge in [-0.05, 0) is 62.4 Å². The molecule has 2 N–H and O–H groups in total. The van der Waals surface area contributed by atoms with E-state index >= 15 is 0 Å². The maximum atomic E-state index is 13.1. The first-order valence-corrected chi connectivity index (χ1v) is 10.1. The first-order valence-electron chi connectivity index (χ1n) is 10.1. The van der Waals surface area contributed by atoms with E-state index in [-0.39, 0.29) is 36.1 Å². The predicted molar refractivity (Wildman–Crippen MR) is 115 cm³/mol. The van der Waals surface area contributed by atoms with E-state index in [9.17, 15) is 4.79 Å². The summed E-state index contributed by atoms with van der Waals surface area (Å²) in [5.74, 6) is 0.805. The van der Waals surface area contributed by atoms with E-state index in [0.717, 1.165) is 26.1 Å². The summed E-state index contributed by atoms with van der Waals surface area (Å²) in [6.45, 7) is 5.96. The van der Waals surface area contributed by atoms with Crippen LogP contribution < -0.4 is 10.6 Å². The smallest absolute Gasteiger partial charge is 0.228 e. The summed E-state index contributed by atoms with van der Waals surface area (Å²) in [4.78, 5) is 15.6. The maximum absolute atomic E-state index is 13.1. The molecule has 0 radical (unpaired) electrons. The Balaban J connectivity index is 0.00000131. The summed E-state index contributed by atoms with van der Waals surface area (Å²) >= 11 is 0. The molecule has 4 rings (SSSR count). The van der Waals surface area contributed by atoms with Gasteiger partial charge in [0.15, 0.2) is 0 Å². The van der Waals surface area contributed by atoms with Crippen molar-refractivity contribution in [2.75, 3.05) is 26.2 Å². The first kappa shape index (κ1) is 22.5. The fourth-order valence-corrected chi connectivity index (χ4v) is 5.11. The van der Waals surface area contributed by atoms with Crippen LogP contribution in [0.3, 0.4) is 0 Å². The van der Waals surface area contributed by atoms with E-state index in [1.54, 1.807) is 0 Å². The van der Waals surface area contributed by atoms with Crippen LogP contribution in [0.25, 0.3) is 0 Å². The summed E-state index contributed by atoms with van der Waals surface area (Å²) in [7, 11) is 0. The number of benzene rings is 1. The van der Waals surface area contributed by atoms with E-state index in [2.05, 4.69) is 39.8 Å². The molecule has 0 spiro atoms. The van der Waals surface area contributed by atoms with Crippen molar-refractivity contribution in [2.24, 2.45) is 11.3 Å². The lowest BCUT2D eigenvalue weighted by atomic mass is 9.67. The van der Waals surface area contributed by atoms with Crippen LogP contribution in [-0.2, 0) is 17.9 Å². The van der Waals surface area contributed by atoms with Crippen molar-refractivity contribution in [3.8, 4) is 0 Å². The van der Waals surface area contributed by atoms with Crippen LogP contribution >= 0.6 is 24.8 Å². The van der Waals surface area contributed by atoms with Gasteiger partial charge < -0.3 is 10.6 Å². The second-order valence-electron chi connectivity index (χ2n) is 8.16. The van der Waals surface area contributed by atoms with Gasteiger partial charge in [-0.1, -0.05) is 37.1 Å². The highest BCUT2D eigenvalue weighted by Gasteiger charge is 2.49. The summed E-state index contributed by atoms with van der Waals surface area (Å²) in [6, 6.07) is 8.61. The van der Waals surface area contributed by atoms with Crippen molar-refractivity contribution in [1.82, 2.24) is 15.5 Å². The Morgan fingerprint density at radius 1 is 1.11 bits per heavy atom. The van der Waals surface area contributed by atoms with Gasteiger partial charge in [-0.3, -0.25) is 9.69 Å². The highest BCUT2D eigenvalue weighted by molar-refractivity contribution is 5.85. The molecule has 1 aromatic rings. The Morgan fingerprint density at radius 3 is 2.63 bits per heavy atom. The molecular weight excluding hydrogens is 381 g/mol. The predicted octanol–water partition coefficient (Wildman–Crippen LogP) is 3.52. The van der Waals surface area contributed by atoms with Gasteiger partial charge in [0.2, 0.25) is 5.91 Å². The number of carbonyl (C=O) groups excluding carboxylic acids is 1. The van der Waals surface area contributed by atoms with Gasteiger partial charge in [-0.2, -0.15) is 0 Å². The summed E-state index contributed by atoms with van der Waals surface area (Å²) < 4.78 is 0. The van der Waals surface area contributed by atoms with Crippen LogP contribution in [0.2, 0.25) is 0 Å². The molecule has 1 amide bonds. The van der Waals surface area contributed by atoms with Gasteiger partial charge in [-0.15, -0.1) is 24.8 Å². The van der Waals surface area contributed by atoms with Crippen molar-refractivity contribution in [3.63, 3.8) is 0 Å². The largest absolute Gasteiger partial charge is 0.351 e. The summed E-state index contributed by atoms with van der Waals surface area (Å²) in [6.07, 6.45) is 7.35. The van der Waals surface area contributed by atoms with Crippen molar-refractivity contribution in [2.45, 2.75) is 51.6 Å². The molecule has 2 atom stereocenters. The molecule has 6 heteroatoms. The van der Waals surface area contributed by atoms with Crippen LogP contribution in [0, 0.1) is 11.3 Å². The van der Waals surface area contributed by atoms with Crippen LogP contribution in [0.5, 0.6) is 0 Å². The molecule has 152 valence electrons. The molecule has 3 fully saturated rings. The number of halogens is 2. The lowest BCUT2D eigenvalue weighted by Crippen LogP contribution is -2.47. The molecule has 3 aliphatic rings. The van der Waals surface area contributed by atoms with Gasteiger partial charge in [0.05, 0.1) is 5.41 Å². The van der Waals surface area contributed by atoms with Crippen molar-refractivity contribution >= 4 is 30.7 Å². The third kappa shape index (κ3) is 4.79. The third-order valence-corrected chi connectivity index (χ3v) is 6.64. The number of hydrogen-bond donors (Lipinski definition) is 2. The standard InChI is InChI=1S/C21H31N3O.2ClH/c25-20(21-10-4-3-9-19(21)14-22-16-21)23-13-17-7-1-2-8-18(17)15-24-11-5-6-12-24;;/h1-2,7-8,19,22H,3-6,9-16H2,(H,23,25);2*1H/t19-,21+;;/m0../s1. The number of nitrogens with one attached hydrogen (secondary N) is 2. The fraction of sp³-hybridized carbons (Fsp3) is 0.667. The SMILES string of the molecule is Cl.Cl.O=C(NCc1ccccc1CN1CCCC1)[C@@]12CCCC[C@H]1CNC2. The molecule has 0 aromatic heterocycles. The van der Waals surface area contributed by atoms with Gasteiger partial charge in [-0.25, -0.2) is 0 Å². The molecule has 2 aliphatic heterocycles. The van der Waals surface area contributed by atoms with Crippen LogP contribution in [0.15, 0.2) is 24.3 Å². The topological polar surface area (TPSA) is 44.4 Å². The Morgan fingerprint density at radius 2 is 1.85 bits per heavy atom. The van der Waals surface area contributed by atoms with Crippen molar-refractivity contribution in [1.29, 1.82) is 0 Å². The third-order valence-electron chi connectivity index (χ3n) is 6.64. The molecule has 1 aromatic carbocycles. The quantitative estimate of drug-likeness (QED) is 0.775. The minimum Gasteiger partial charge on any atom is -0.351 e. The minimum absolute atomic E-state index is 0. The molecule has 2 heterocycles. The Bertz CT molecular complexity index is 621. The van der Waals surface area contributed by atoms with Gasteiger partial charge in [0.25, 0.3) is 0 Å². The van der Waals surface area contributed by atoms with E-state index < -0.39 is 0 Å². The Hall–Kier alpha value is -0.810. The lowest BCUT2D eigenvalue weighted by Gasteiger charge is -2.37. The molecule has 27 heavy (non-hydrogen) atoms. The van der Waals surface area contributed by atoms with E-state index in [1.807, 2.05) is 0 Å².